The van der Waals surface area contributed by atoms with E-state index in [4.69, 9.17) is 4.74 Å². The number of benzene rings is 1. The fourth-order valence-electron chi connectivity index (χ4n) is 4.21. The lowest BCUT2D eigenvalue weighted by Gasteiger charge is -2.29. The van der Waals surface area contributed by atoms with Crippen LogP contribution in [0.3, 0.4) is 0 Å². The Hall–Kier alpha value is -1.40. The van der Waals surface area contributed by atoms with Crippen LogP contribution < -0.4 is 5.32 Å². The minimum absolute atomic E-state index is 0. The van der Waals surface area contributed by atoms with Gasteiger partial charge in [0.2, 0.25) is 0 Å². The molecule has 2 heterocycles. The summed E-state index contributed by atoms with van der Waals surface area (Å²) in [5.74, 6) is 0.153. The van der Waals surface area contributed by atoms with Crippen LogP contribution in [0, 0.1) is 5.41 Å². The van der Waals surface area contributed by atoms with Gasteiger partial charge in [-0.15, -0.1) is 12.4 Å². The summed E-state index contributed by atoms with van der Waals surface area (Å²) in [4.78, 5) is 15.5. The largest absolute Gasteiger partial charge is 0.380 e. The molecule has 2 aliphatic rings. The topological polar surface area (TPSA) is 41.6 Å². The highest BCUT2D eigenvalue weighted by atomic mass is 35.5. The number of carbonyl (C=O) groups is 1. The molecule has 27 heavy (non-hydrogen) atoms. The number of methoxy groups -OCH3 is 1. The average Bonchev–Trinajstić information content (AvgIpc) is 3.10. The molecule has 1 spiro atoms. The molecule has 6 heteroatoms. The van der Waals surface area contributed by atoms with Gasteiger partial charge < -0.3 is 15.0 Å². The summed E-state index contributed by atoms with van der Waals surface area (Å²) in [5, 5.41) is 7.69. The first kappa shape index (κ1) is 20.3. The molecule has 2 aromatic rings. The van der Waals surface area contributed by atoms with Gasteiger partial charge in [-0.05, 0) is 77.9 Å². The van der Waals surface area contributed by atoms with Crippen molar-refractivity contribution in [3.05, 3.63) is 57.8 Å². The van der Waals surface area contributed by atoms with Crippen LogP contribution in [-0.4, -0.2) is 37.0 Å². The highest BCUT2D eigenvalue weighted by molar-refractivity contribution is 7.07. The maximum Gasteiger partial charge on any atom is 0.254 e. The van der Waals surface area contributed by atoms with Gasteiger partial charge in [0, 0.05) is 25.3 Å². The summed E-state index contributed by atoms with van der Waals surface area (Å²) in [5.41, 5.74) is 3.44. The first-order valence-corrected chi connectivity index (χ1v) is 10.3. The third-order valence-corrected chi connectivity index (χ3v) is 6.56. The lowest BCUT2D eigenvalue weighted by atomic mass is 9.93. The van der Waals surface area contributed by atoms with E-state index in [-0.39, 0.29) is 18.3 Å². The number of hydrogen-bond acceptors (Lipinski definition) is 4. The molecule has 2 fully saturated rings. The van der Waals surface area contributed by atoms with Gasteiger partial charge in [-0.25, -0.2) is 0 Å². The molecule has 4 nitrogen and oxygen atoms in total. The molecule has 1 amide bonds. The van der Waals surface area contributed by atoms with Gasteiger partial charge in [0.25, 0.3) is 5.91 Å². The van der Waals surface area contributed by atoms with Crippen molar-refractivity contribution in [2.75, 3.05) is 20.2 Å². The molecule has 0 radical (unpaired) electrons. The molecule has 1 saturated heterocycles. The van der Waals surface area contributed by atoms with Crippen molar-refractivity contribution in [3.8, 4) is 0 Å². The number of rotatable bonds is 6. The van der Waals surface area contributed by atoms with Crippen LogP contribution in [0.25, 0.3) is 0 Å². The van der Waals surface area contributed by atoms with Gasteiger partial charge in [0.1, 0.15) is 0 Å². The zero-order chi connectivity index (χ0) is 18.0. The molecule has 1 N–H and O–H groups in total. The van der Waals surface area contributed by atoms with E-state index in [1.807, 2.05) is 24.3 Å². The minimum atomic E-state index is 0. The maximum atomic E-state index is 13.3. The number of amides is 1. The van der Waals surface area contributed by atoms with Crippen LogP contribution in [0.4, 0.5) is 0 Å². The Balaban J connectivity index is 0.00000210. The Morgan fingerprint density at radius 1 is 1.22 bits per heavy atom. The highest BCUT2D eigenvalue weighted by Crippen LogP contribution is 2.56. The maximum absolute atomic E-state index is 13.3. The van der Waals surface area contributed by atoms with Crippen molar-refractivity contribution >= 4 is 29.7 Å². The van der Waals surface area contributed by atoms with Gasteiger partial charge in [-0.2, -0.15) is 11.3 Å². The fourth-order valence-corrected chi connectivity index (χ4v) is 4.87. The van der Waals surface area contributed by atoms with Gasteiger partial charge >= 0.3 is 0 Å². The number of piperidine rings is 1. The Kier molecular flexibility index (Phi) is 6.58. The van der Waals surface area contributed by atoms with E-state index in [1.165, 1.54) is 18.4 Å². The van der Waals surface area contributed by atoms with E-state index < -0.39 is 0 Å². The zero-order valence-corrected chi connectivity index (χ0v) is 17.3. The molecule has 0 bridgehead atoms. The van der Waals surface area contributed by atoms with Crippen LogP contribution in [0.15, 0.2) is 41.1 Å². The van der Waals surface area contributed by atoms with Gasteiger partial charge in [-0.3, -0.25) is 4.79 Å². The number of nitrogens with one attached hydrogen (secondary N) is 1. The average molecular weight is 407 g/mol. The van der Waals surface area contributed by atoms with E-state index in [0.717, 1.165) is 30.6 Å². The summed E-state index contributed by atoms with van der Waals surface area (Å²) in [6.07, 6.45) is 3.50. The molecule has 1 atom stereocenters. The molecule has 4 rings (SSSR count). The van der Waals surface area contributed by atoms with E-state index in [1.54, 1.807) is 18.4 Å². The number of thiophene rings is 1. The van der Waals surface area contributed by atoms with Crippen LogP contribution >= 0.6 is 23.7 Å². The van der Waals surface area contributed by atoms with E-state index in [2.05, 4.69) is 27.0 Å². The van der Waals surface area contributed by atoms with Crippen molar-refractivity contribution in [2.24, 2.45) is 5.41 Å². The van der Waals surface area contributed by atoms with Gasteiger partial charge in [0.05, 0.1) is 6.61 Å². The van der Waals surface area contributed by atoms with Crippen molar-refractivity contribution < 1.29 is 9.53 Å². The molecular weight excluding hydrogens is 380 g/mol. The summed E-state index contributed by atoms with van der Waals surface area (Å²) in [6.45, 7) is 3.43. The molecule has 1 aromatic heterocycles. The van der Waals surface area contributed by atoms with Crippen LogP contribution in [0.1, 0.15) is 40.7 Å². The molecule has 1 aromatic carbocycles. The van der Waals surface area contributed by atoms with E-state index in [0.29, 0.717) is 24.6 Å². The van der Waals surface area contributed by atoms with E-state index in [9.17, 15) is 4.79 Å². The first-order valence-electron chi connectivity index (χ1n) is 9.32. The lowest BCUT2D eigenvalue weighted by Crippen LogP contribution is -2.39. The Labute approximate surface area is 171 Å². The second-order valence-electron chi connectivity index (χ2n) is 7.53. The number of nitrogens with zero attached hydrogens (tertiary/aromatic N) is 1. The monoisotopic (exact) mass is 406 g/mol. The van der Waals surface area contributed by atoms with E-state index >= 15 is 0 Å². The molecular formula is C21H27ClN2O2S. The molecule has 1 aliphatic carbocycles. The third kappa shape index (κ3) is 4.37. The normalized spacial score (nSPS) is 20.1. The standard InChI is InChI=1S/C21H26N2O2S.ClH/c1-25-14-16-2-4-18(5-3-16)20(24)23(13-17-6-11-26-15-17)19-12-21(19)7-9-22-10-8-21;/h2-6,11,15,19,22H,7-10,12-14H2,1H3;1H. The minimum Gasteiger partial charge on any atom is -0.380 e. The van der Waals surface area contributed by atoms with Crippen molar-refractivity contribution in [3.63, 3.8) is 0 Å². The lowest BCUT2D eigenvalue weighted by molar-refractivity contribution is 0.0692. The van der Waals surface area contributed by atoms with Gasteiger partial charge in [-0.1, -0.05) is 12.1 Å². The molecule has 1 saturated carbocycles. The number of halogens is 1. The fraction of sp³-hybridized carbons (Fsp3) is 0.476. The second kappa shape index (κ2) is 8.74. The third-order valence-electron chi connectivity index (χ3n) is 5.83. The van der Waals surface area contributed by atoms with Crippen LogP contribution in [0.5, 0.6) is 0 Å². The predicted molar refractivity (Wildman–Crippen MR) is 112 cm³/mol. The smallest absolute Gasteiger partial charge is 0.254 e. The first-order chi connectivity index (χ1) is 12.7. The highest BCUT2D eigenvalue weighted by Gasteiger charge is 2.57. The molecule has 1 aliphatic heterocycles. The van der Waals surface area contributed by atoms with Crippen molar-refractivity contribution in [1.29, 1.82) is 0 Å². The Morgan fingerprint density at radius 3 is 2.59 bits per heavy atom. The molecule has 146 valence electrons. The van der Waals surface area contributed by atoms with Crippen molar-refractivity contribution in [2.45, 2.75) is 38.5 Å². The molecule has 1 unspecified atom stereocenters. The zero-order valence-electron chi connectivity index (χ0n) is 15.6. The Morgan fingerprint density at radius 2 is 1.96 bits per heavy atom. The van der Waals surface area contributed by atoms with Crippen LogP contribution in [0.2, 0.25) is 0 Å². The quantitative estimate of drug-likeness (QED) is 0.785. The summed E-state index contributed by atoms with van der Waals surface area (Å²) in [6, 6.07) is 10.4. The SMILES string of the molecule is COCc1ccc(C(=O)N(Cc2ccsc2)C2CC23CCNCC3)cc1.Cl. The number of carbonyl (C=O) groups excluding carboxylic acids is 1. The summed E-state index contributed by atoms with van der Waals surface area (Å²) < 4.78 is 5.17. The predicted octanol–water partition coefficient (Wildman–Crippen LogP) is 4.10. The Bertz CT molecular complexity index is 742. The second-order valence-corrected chi connectivity index (χ2v) is 8.31. The summed E-state index contributed by atoms with van der Waals surface area (Å²) in [7, 11) is 1.69. The number of ether oxygens (including phenoxy) is 1. The van der Waals surface area contributed by atoms with Gasteiger partial charge in [0.15, 0.2) is 0 Å². The summed E-state index contributed by atoms with van der Waals surface area (Å²) >= 11 is 1.69. The van der Waals surface area contributed by atoms with Crippen LogP contribution in [-0.2, 0) is 17.9 Å². The van der Waals surface area contributed by atoms with Crippen molar-refractivity contribution in [1.82, 2.24) is 10.2 Å². The number of hydrogen-bond donors (Lipinski definition) is 1.